The highest BCUT2D eigenvalue weighted by molar-refractivity contribution is 7.90. The molecule has 5 aliphatic heterocycles. The zero-order valence-corrected chi connectivity index (χ0v) is 37.6. The summed E-state index contributed by atoms with van der Waals surface area (Å²) in [4.78, 5) is 68.9. The summed E-state index contributed by atoms with van der Waals surface area (Å²) in [5.74, 6) is -1.05. The summed E-state index contributed by atoms with van der Waals surface area (Å²) < 4.78 is 65.1. The molecule has 3 amide bonds. The monoisotopic (exact) mass is 947 g/mol. The summed E-state index contributed by atoms with van der Waals surface area (Å²) in [6, 6.07) is 17.1. The summed E-state index contributed by atoms with van der Waals surface area (Å²) in [7, 11) is -4.25. The average Bonchev–Trinajstić information content (AvgIpc) is 3.93. The van der Waals surface area contributed by atoms with E-state index in [1.165, 1.54) is 29.1 Å². The van der Waals surface area contributed by atoms with Gasteiger partial charge in [-0.15, -0.1) is 0 Å². The third-order valence-electron chi connectivity index (χ3n) is 13.6. The first-order valence-corrected chi connectivity index (χ1v) is 24.1. The summed E-state index contributed by atoms with van der Waals surface area (Å²) in [5, 5.41) is 12.5. The van der Waals surface area contributed by atoms with E-state index in [2.05, 4.69) is 35.8 Å². The number of carbonyl (C=O) groups is 3. The summed E-state index contributed by atoms with van der Waals surface area (Å²) in [6.07, 6.45) is 4.38. The van der Waals surface area contributed by atoms with E-state index in [1.807, 2.05) is 18.2 Å². The number of benzene rings is 3. The molecule has 2 atom stereocenters. The molecule has 0 saturated carbocycles. The van der Waals surface area contributed by atoms with Crippen molar-refractivity contribution in [1.82, 2.24) is 34.0 Å². The number of piperazine rings is 1. The maximum absolute atomic E-state index is 15.2. The molecule has 0 radical (unpaired) electrons. The van der Waals surface area contributed by atoms with Crippen LogP contribution in [-0.2, 0) is 26.3 Å². The van der Waals surface area contributed by atoms with Crippen molar-refractivity contribution in [2.24, 2.45) is 5.92 Å². The molecule has 5 aliphatic rings. The minimum absolute atomic E-state index is 0.000128. The Balaban J connectivity index is 0.733. The van der Waals surface area contributed by atoms with E-state index in [0.717, 1.165) is 92.2 Å². The molecule has 21 heteroatoms. The van der Waals surface area contributed by atoms with Crippen molar-refractivity contribution in [1.29, 1.82) is 5.26 Å². The molecular weight excluding hydrogens is 901 g/mol. The molecule has 68 heavy (non-hydrogen) atoms. The lowest BCUT2D eigenvalue weighted by molar-refractivity contribution is -0.136. The Hall–Kier alpha value is -7.02. The van der Waals surface area contributed by atoms with Gasteiger partial charge >= 0.3 is 10.2 Å². The van der Waals surface area contributed by atoms with Gasteiger partial charge in [-0.05, 0) is 97.8 Å². The van der Waals surface area contributed by atoms with Gasteiger partial charge in [0.25, 0.3) is 11.5 Å². The highest BCUT2D eigenvalue weighted by atomic mass is 32.2. The predicted octanol–water partition coefficient (Wildman–Crippen LogP) is 4.08. The smallest absolute Gasteiger partial charge is 0.301 e. The molecule has 5 aromatic rings. The van der Waals surface area contributed by atoms with Gasteiger partial charge in [0.1, 0.15) is 41.7 Å². The third kappa shape index (κ3) is 8.81. The molecule has 0 aliphatic carbocycles. The zero-order valence-electron chi connectivity index (χ0n) is 36.8. The van der Waals surface area contributed by atoms with Gasteiger partial charge in [-0.3, -0.25) is 38.7 Å². The van der Waals surface area contributed by atoms with E-state index in [1.54, 1.807) is 23.2 Å². The fourth-order valence-electron chi connectivity index (χ4n) is 9.79. The fourth-order valence-corrected chi connectivity index (χ4v) is 11.1. The normalized spacial score (nSPS) is 20.7. The summed E-state index contributed by atoms with van der Waals surface area (Å²) in [6.45, 7) is 6.13. The number of pyridine rings is 1. The van der Waals surface area contributed by atoms with Crippen LogP contribution in [-0.4, -0.2) is 126 Å². The van der Waals surface area contributed by atoms with E-state index in [-0.39, 0.29) is 54.6 Å². The van der Waals surface area contributed by atoms with Crippen LogP contribution in [0, 0.1) is 23.1 Å². The Kier molecular flexibility index (Phi) is 12.0. The number of nitrogens with zero attached hydrogens (tertiary/aromatic N) is 9. The minimum atomic E-state index is -4.25. The second-order valence-corrected chi connectivity index (χ2v) is 19.5. The van der Waals surface area contributed by atoms with Crippen molar-refractivity contribution in [3.05, 3.63) is 106 Å². The molecule has 18 nitrogen and oxygen atoms in total. The lowest BCUT2D eigenvalue weighted by Crippen LogP contribution is -2.52. The fraction of sp³-hybridized carbons (Fsp3) is 0.383. The van der Waals surface area contributed by atoms with E-state index in [4.69, 9.17) is 9.72 Å². The van der Waals surface area contributed by atoms with E-state index >= 15 is 4.39 Å². The van der Waals surface area contributed by atoms with Crippen molar-refractivity contribution in [2.75, 3.05) is 73.4 Å². The number of nitriles is 1. The van der Waals surface area contributed by atoms with E-state index in [0.29, 0.717) is 35.7 Å². The number of anilines is 3. The van der Waals surface area contributed by atoms with Crippen molar-refractivity contribution < 1.29 is 36.3 Å². The quantitative estimate of drug-likeness (QED) is 0.179. The molecule has 352 valence electrons. The Morgan fingerprint density at radius 1 is 0.868 bits per heavy atom. The van der Waals surface area contributed by atoms with Gasteiger partial charge in [0, 0.05) is 83.1 Å². The van der Waals surface area contributed by atoms with Crippen molar-refractivity contribution in [3.8, 4) is 23.3 Å². The van der Waals surface area contributed by atoms with Crippen molar-refractivity contribution in [2.45, 2.75) is 50.9 Å². The molecule has 0 spiro atoms. The zero-order chi connectivity index (χ0) is 47.3. The number of hydrogen-bond donors (Lipinski definition) is 2. The number of alkyl halides is 1. The third-order valence-corrected chi connectivity index (χ3v) is 15.0. The van der Waals surface area contributed by atoms with Gasteiger partial charge in [-0.2, -0.15) is 18.0 Å². The SMILES string of the molecule is N#Cc1c(NS(=O)(=O)N2CC[C@@H](F)C2)ccc(F)c1Oc1ccc2ncn(-c3ccc(N4CCN(CC5CCN(c6ccc7c(c6)CN(C6CCC(=O)NC6=O)C7=O)CC5)CC4)nc3)c(=O)c2c1. The van der Waals surface area contributed by atoms with Crippen molar-refractivity contribution >= 4 is 56.0 Å². The Morgan fingerprint density at radius 3 is 2.38 bits per heavy atom. The van der Waals surface area contributed by atoms with Crippen LogP contribution in [0.2, 0.25) is 0 Å². The number of carbonyl (C=O) groups excluding carboxylic acids is 3. The Labute approximate surface area is 389 Å². The van der Waals surface area contributed by atoms with Gasteiger partial charge in [0.15, 0.2) is 11.6 Å². The van der Waals surface area contributed by atoms with Gasteiger partial charge in [0.05, 0.1) is 28.5 Å². The number of ether oxygens (including phenoxy) is 1. The average molecular weight is 948 g/mol. The lowest BCUT2D eigenvalue weighted by atomic mass is 9.95. The minimum Gasteiger partial charge on any atom is -0.453 e. The first kappa shape index (κ1) is 44.8. The predicted molar refractivity (Wildman–Crippen MR) is 246 cm³/mol. The van der Waals surface area contributed by atoms with E-state index in [9.17, 15) is 37.2 Å². The highest BCUT2D eigenvalue weighted by Gasteiger charge is 2.39. The molecule has 2 aromatic heterocycles. The number of hydrogen-bond acceptors (Lipinski definition) is 13. The van der Waals surface area contributed by atoms with Crippen LogP contribution in [0.15, 0.2) is 78.0 Å². The second kappa shape index (κ2) is 18.2. The van der Waals surface area contributed by atoms with Crippen LogP contribution in [0.5, 0.6) is 11.5 Å². The number of halogens is 2. The number of piperidine rings is 2. The molecule has 10 rings (SSSR count). The van der Waals surface area contributed by atoms with Crippen LogP contribution < -0.4 is 30.1 Å². The molecule has 7 heterocycles. The van der Waals surface area contributed by atoms with Gasteiger partial charge in [-0.25, -0.2) is 18.7 Å². The molecule has 4 fully saturated rings. The van der Waals surface area contributed by atoms with Crippen LogP contribution in [0.25, 0.3) is 16.6 Å². The molecule has 1 unspecified atom stereocenters. The first-order chi connectivity index (χ1) is 32.8. The highest BCUT2D eigenvalue weighted by Crippen LogP contribution is 2.36. The molecule has 2 N–H and O–H groups in total. The standard InChI is InChI=1S/C47H47F2N11O7S/c48-31-13-16-58(27-31)68(65,66)54-40-7-5-38(49)44(37(40)23-50)67-34-3-6-39-36(22-34)47(64)60(28-52-39)33-2-9-42(51-24-33)57-19-17-55(18-20-57)25-29-11-14-56(15-12-29)32-1-4-35-30(21-32)26-59(46(35)63)41-8-10-43(61)53-45(41)62/h1-7,9,21-22,24,28-29,31,41,54H,8,10-20,25-27H2,(H,53,61,62)/t31-,41?/m1/s1. The number of fused-ring (bicyclic) bond motifs is 2. The number of amides is 3. The van der Waals surface area contributed by atoms with E-state index < -0.39 is 51.0 Å². The number of rotatable bonds is 11. The van der Waals surface area contributed by atoms with Gasteiger partial charge < -0.3 is 19.4 Å². The maximum atomic E-state index is 15.2. The summed E-state index contributed by atoms with van der Waals surface area (Å²) in [5.41, 5.74) is 2.28. The number of imide groups is 1. The number of aromatic nitrogens is 3. The van der Waals surface area contributed by atoms with Gasteiger partial charge in [0.2, 0.25) is 11.8 Å². The molecule has 4 saturated heterocycles. The molecular formula is C47H47F2N11O7S. The van der Waals surface area contributed by atoms with Crippen LogP contribution in [0.4, 0.5) is 26.0 Å². The maximum Gasteiger partial charge on any atom is 0.301 e. The largest absolute Gasteiger partial charge is 0.453 e. The summed E-state index contributed by atoms with van der Waals surface area (Å²) >= 11 is 0. The first-order valence-electron chi connectivity index (χ1n) is 22.6. The van der Waals surface area contributed by atoms with Crippen molar-refractivity contribution in [3.63, 3.8) is 0 Å². The van der Waals surface area contributed by atoms with Crippen LogP contribution >= 0.6 is 0 Å². The topological polar surface area (TPSA) is 206 Å². The molecule has 0 bridgehead atoms. The lowest BCUT2D eigenvalue weighted by Gasteiger charge is -2.39. The van der Waals surface area contributed by atoms with Gasteiger partial charge in [-0.1, -0.05) is 0 Å². The van der Waals surface area contributed by atoms with Crippen LogP contribution in [0.3, 0.4) is 0 Å². The Morgan fingerprint density at radius 2 is 1.66 bits per heavy atom. The Bertz CT molecular complexity index is 3040. The molecule has 3 aromatic carbocycles. The van der Waals surface area contributed by atoms with Crippen LogP contribution in [0.1, 0.15) is 53.6 Å². The second-order valence-electron chi connectivity index (χ2n) is 17.8. The number of nitrogens with one attached hydrogen (secondary N) is 2.